The van der Waals surface area contributed by atoms with E-state index in [2.05, 4.69) is 31.9 Å². The third kappa shape index (κ3) is 3.99. The van der Waals surface area contributed by atoms with Crippen molar-refractivity contribution in [3.63, 3.8) is 0 Å². The van der Waals surface area contributed by atoms with Crippen LogP contribution in [-0.2, 0) is 4.79 Å². The van der Waals surface area contributed by atoms with Gasteiger partial charge >= 0.3 is 0 Å². The van der Waals surface area contributed by atoms with Gasteiger partial charge < -0.3 is 5.32 Å². The van der Waals surface area contributed by atoms with Crippen molar-refractivity contribution in [3.8, 4) is 5.69 Å². The second-order valence-electron chi connectivity index (χ2n) is 6.04. The molecule has 0 saturated carbocycles. The van der Waals surface area contributed by atoms with Crippen LogP contribution in [0.2, 0.25) is 0 Å². The summed E-state index contributed by atoms with van der Waals surface area (Å²) in [6, 6.07) is 13.9. The molecule has 7 nitrogen and oxygen atoms in total. The number of benzene rings is 2. The predicted molar refractivity (Wildman–Crippen MR) is 108 cm³/mol. The van der Waals surface area contributed by atoms with Crippen LogP contribution in [0, 0.1) is 13.8 Å². The first-order valence-corrected chi connectivity index (χ1v) is 10.0. The molecule has 9 heteroatoms. The molecular formula is C18H16N6OS2. The average molecular weight is 397 g/mol. The zero-order valence-electron chi connectivity index (χ0n) is 14.7. The Morgan fingerprint density at radius 3 is 2.89 bits per heavy atom. The summed E-state index contributed by atoms with van der Waals surface area (Å²) in [7, 11) is 0. The summed E-state index contributed by atoms with van der Waals surface area (Å²) in [6.07, 6.45) is 0. The fraction of sp³-hybridized carbons (Fsp3) is 0.167. The van der Waals surface area contributed by atoms with Gasteiger partial charge in [0.05, 0.1) is 21.7 Å². The minimum Gasteiger partial charge on any atom is -0.301 e. The van der Waals surface area contributed by atoms with Crippen LogP contribution in [0.3, 0.4) is 0 Å². The van der Waals surface area contributed by atoms with Crippen molar-refractivity contribution in [2.24, 2.45) is 0 Å². The predicted octanol–water partition coefficient (Wildman–Crippen LogP) is 3.62. The third-order valence-electron chi connectivity index (χ3n) is 3.81. The van der Waals surface area contributed by atoms with E-state index in [1.165, 1.54) is 28.7 Å². The number of carbonyl (C=O) groups excluding carboxylic acids is 1. The summed E-state index contributed by atoms with van der Waals surface area (Å²) in [4.78, 5) is 16.8. The summed E-state index contributed by atoms with van der Waals surface area (Å²) < 4.78 is 2.69. The van der Waals surface area contributed by atoms with Gasteiger partial charge in [0.25, 0.3) is 0 Å². The highest BCUT2D eigenvalue weighted by Crippen LogP contribution is 2.27. The normalized spacial score (nSPS) is 11.0. The van der Waals surface area contributed by atoms with Gasteiger partial charge in [-0.2, -0.15) is 4.68 Å². The van der Waals surface area contributed by atoms with Gasteiger partial charge in [-0.3, -0.25) is 4.79 Å². The Kier molecular flexibility index (Phi) is 4.87. The highest BCUT2D eigenvalue weighted by molar-refractivity contribution is 7.99. The summed E-state index contributed by atoms with van der Waals surface area (Å²) in [5.74, 6) is 0.0517. The first-order valence-electron chi connectivity index (χ1n) is 8.24. The molecule has 0 bridgehead atoms. The topological polar surface area (TPSA) is 85.6 Å². The van der Waals surface area contributed by atoms with E-state index in [-0.39, 0.29) is 11.7 Å². The lowest BCUT2D eigenvalue weighted by molar-refractivity contribution is -0.113. The Labute approximate surface area is 163 Å². The minimum atomic E-state index is -0.144. The Bertz CT molecular complexity index is 1120. The van der Waals surface area contributed by atoms with E-state index in [0.29, 0.717) is 10.3 Å². The van der Waals surface area contributed by atoms with E-state index in [0.717, 1.165) is 21.5 Å². The molecule has 2 aromatic heterocycles. The van der Waals surface area contributed by atoms with Crippen LogP contribution in [0.1, 0.15) is 11.1 Å². The number of hydrogen-bond donors (Lipinski definition) is 1. The van der Waals surface area contributed by atoms with Crippen LogP contribution in [0.4, 0.5) is 5.13 Å². The molecule has 0 spiro atoms. The Hall–Kier alpha value is -2.78. The second kappa shape index (κ2) is 7.45. The number of anilines is 1. The van der Waals surface area contributed by atoms with Gasteiger partial charge in [0, 0.05) is 0 Å². The molecular weight excluding hydrogens is 380 g/mol. The number of nitrogens with zero attached hydrogens (tertiary/aromatic N) is 5. The van der Waals surface area contributed by atoms with Crippen LogP contribution in [0.5, 0.6) is 0 Å². The molecule has 2 heterocycles. The molecule has 4 aromatic rings. The fourth-order valence-electron chi connectivity index (χ4n) is 2.56. The number of thioether (sulfide) groups is 1. The van der Waals surface area contributed by atoms with Gasteiger partial charge in [-0.1, -0.05) is 41.3 Å². The lowest BCUT2D eigenvalue weighted by Gasteiger charge is -2.05. The highest BCUT2D eigenvalue weighted by atomic mass is 32.2. The Morgan fingerprint density at radius 1 is 1.19 bits per heavy atom. The summed E-state index contributed by atoms with van der Waals surface area (Å²) in [5.41, 5.74) is 4.03. The molecule has 0 saturated heterocycles. The van der Waals surface area contributed by atoms with E-state index >= 15 is 0 Å². The van der Waals surface area contributed by atoms with Crippen LogP contribution >= 0.6 is 23.1 Å². The maximum absolute atomic E-state index is 12.3. The van der Waals surface area contributed by atoms with Gasteiger partial charge in [0.2, 0.25) is 11.1 Å². The van der Waals surface area contributed by atoms with Gasteiger partial charge in [0.15, 0.2) is 5.13 Å². The number of hydrogen-bond acceptors (Lipinski definition) is 7. The van der Waals surface area contributed by atoms with E-state index in [9.17, 15) is 4.79 Å². The van der Waals surface area contributed by atoms with E-state index < -0.39 is 0 Å². The monoisotopic (exact) mass is 396 g/mol. The van der Waals surface area contributed by atoms with Crippen LogP contribution in [0.25, 0.3) is 15.9 Å². The van der Waals surface area contributed by atoms with Crippen molar-refractivity contribution in [1.29, 1.82) is 0 Å². The molecule has 0 atom stereocenters. The quantitative estimate of drug-likeness (QED) is 0.519. The molecule has 2 aromatic carbocycles. The number of fused-ring (bicyclic) bond motifs is 1. The number of aryl methyl sites for hydroxylation is 2. The Balaban J connectivity index is 1.43. The van der Waals surface area contributed by atoms with Crippen LogP contribution < -0.4 is 5.32 Å². The molecule has 0 fully saturated rings. The zero-order chi connectivity index (χ0) is 18.8. The number of tetrazole rings is 1. The largest absolute Gasteiger partial charge is 0.301 e. The van der Waals surface area contributed by atoms with Gasteiger partial charge in [-0.25, -0.2) is 4.98 Å². The number of nitrogens with one attached hydrogen (secondary N) is 1. The zero-order valence-corrected chi connectivity index (χ0v) is 16.3. The van der Waals surface area contributed by atoms with Crippen molar-refractivity contribution in [2.45, 2.75) is 19.0 Å². The summed E-state index contributed by atoms with van der Waals surface area (Å²) in [6.45, 7) is 4.04. The highest BCUT2D eigenvalue weighted by Gasteiger charge is 2.13. The van der Waals surface area contributed by atoms with Crippen LogP contribution in [-0.4, -0.2) is 36.9 Å². The molecule has 1 amide bonds. The van der Waals surface area contributed by atoms with Crippen molar-refractivity contribution in [3.05, 3.63) is 53.6 Å². The molecule has 0 aliphatic heterocycles. The standard InChI is InChI=1S/C18H16N6OS2/c1-11-4-3-5-13(8-11)24-18(21-22-23-24)26-10-16(25)20-17-19-14-7-6-12(2)9-15(14)27-17/h3-9H,10H2,1-2H3,(H,19,20,25). The maximum Gasteiger partial charge on any atom is 0.236 e. The lowest BCUT2D eigenvalue weighted by atomic mass is 10.2. The fourth-order valence-corrected chi connectivity index (χ4v) is 4.23. The summed E-state index contributed by atoms with van der Waals surface area (Å²) >= 11 is 2.75. The molecule has 4 rings (SSSR count). The van der Waals surface area contributed by atoms with Gasteiger partial charge in [0.1, 0.15) is 0 Å². The minimum absolute atomic E-state index is 0.144. The third-order valence-corrected chi connectivity index (χ3v) is 5.66. The van der Waals surface area contributed by atoms with Gasteiger partial charge in [-0.05, 0) is 59.7 Å². The summed E-state index contributed by atoms with van der Waals surface area (Å²) in [5, 5.41) is 15.8. The van der Waals surface area contributed by atoms with Crippen molar-refractivity contribution in [1.82, 2.24) is 25.2 Å². The molecule has 0 unspecified atom stereocenters. The number of thiazole rings is 1. The van der Waals surface area contributed by atoms with Crippen molar-refractivity contribution < 1.29 is 4.79 Å². The van der Waals surface area contributed by atoms with Crippen LogP contribution in [0.15, 0.2) is 47.6 Å². The number of rotatable bonds is 5. The Morgan fingerprint density at radius 2 is 2.04 bits per heavy atom. The van der Waals surface area contributed by atoms with Gasteiger partial charge in [-0.15, -0.1) is 5.10 Å². The molecule has 1 N–H and O–H groups in total. The molecule has 0 aliphatic rings. The number of carbonyl (C=O) groups is 1. The van der Waals surface area contributed by atoms with E-state index in [4.69, 9.17) is 0 Å². The maximum atomic E-state index is 12.3. The lowest BCUT2D eigenvalue weighted by Crippen LogP contribution is -2.14. The second-order valence-corrected chi connectivity index (χ2v) is 8.01. The molecule has 136 valence electrons. The SMILES string of the molecule is Cc1cccc(-n2nnnc2SCC(=O)Nc2nc3ccc(C)cc3s2)c1. The van der Waals surface area contributed by atoms with Crippen molar-refractivity contribution in [2.75, 3.05) is 11.1 Å². The number of aromatic nitrogens is 5. The first-order chi connectivity index (χ1) is 13.1. The van der Waals surface area contributed by atoms with E-state index in [1.54, 1.807) is 4.68 Å². The average Bonchev–Trinajstić information content (AvgIpc) is 3.25. The smallest absolute Gasteiger partial charge is 0.236 e. The molecule has 0 aliphatic carbocycles. The molecule has 27 heavy (non-hydrogen) atoms. The van der Waals surface area contributed by atoms with E-state index in [1.807, 2.05) is 50.2 Å². The molecule has 0 radical (unpaired) electrons. The first kappa shape index (κ1) is 17.6. The van der Waals surface area contributed by atoms with Crippen molar-refractivity contribution >= 4 is 44.4 Å². The number of amides is 1.